The van der Waals surface area contributed by atoms with E-state index in [0.717, 1.165) is 37.7 Å². The first-order valence-electron chi connectivity index (χ1n) is 8.48. The molecular weight excluding hydrogens is 294 g/mol. The molecule has 0 bridgehead atoms. The van der Waals surface area contributed by atoms with E-state index in [0.29, 0.717) is 32.0 Å². The number of benzene rings is 1. The molecule has 1 saturated heterocycles. The van der Waals surface area contributed by atoms with Crippen LogP contribution in [-0.2, 0) is 9.47 Å². The van der Waals surface area contributed by atoms with Gasteiger partial charge in [0.2, 0.25) is 0 Å². The van der Waals surface area contributed by atoms with Crippen LogP contribution in [0.25, 0.3) is 0 Å². The molecule has 23 heavy (non-hydrogen) atoms. The largest absolute Gasteiger partial charge is 0.494 e. The van der Waals surface area contributed by atoms with Gasteiger partial charge in [-0.2, -0.15) is 0 Å². The van der Waals surface area contributed by atoms with Crippen molar-refractivity contribution in [3.63, 3.8) is 0 Å². The summed E-state index contributed by atoms with van der Waals surface area (Å²) in [4.78, 5) is 2.39. The Balaban J connectivity index is 1.53. The minimum atomic E-state index is 0.307. The van der Waals surface area contributed by atoms with Crippen molar-refractivity contribution in [1.82, 2.24) is 4.90 Å². The molecule has 1 aliphatic heterocycles. The number of hydrogen-bond donors (Lipinski definition) is 0. The highest BCUT2D eigenvalue weighted by Gasteiger charge is 2.21. The molecule has 0 unspecified atom stereocenters. The van der Waals surface area contributed by atoms with Gasteiger partial charge in [-0.1, -0.05) is 0 Å². The molecule has 2 atom stereocenters. The zero-order valence-electron chi connectivity index (χ0n) is 14.5. The molecule has 1 heterocycles. The molecule has 130 valence electrons. The van der Waals surface area contributed by atoms with Crippen LogP contribution in [0.15, 0.2) is 24.3 Å². The monoisotopic (exact) mass is 323 g/mol. The van der Waals surface area contributed by atoms with Crippen molar-refractivity contribution in [1.29, 1.82) is 0 Å². The summed E-state index contributed by atoms with van der Waals surface area (Å²) in [5, 5.41) is 0. The lowest BCUT2D eigenvalue weighted by atomic mass is 10.2. The third-order valence-corrected chi connectivity index (χ3v) is 3.68. The van der Waals surface area contributed by atoms with Crippen molar-refractivity contribution in [2.75, 3.05) is 46.1 Å². The minimum Gasteiger partial charge on any atom is -0.494 e. The zero-order chi connectivity index (χ0) is 16.5. The highest BCUT2D eigenvalue weighted by molar-refractivity contribution is 5.31. The number of rotatable bonds is 9. The maximum atomic E-state index is 5.72. The average molecular weight is 323 g/mol. The highest BCUT2D eigenvalue weighted by Crippen LogP contribution is 2.17. The molecule has 0 amide bonds. The van der Waals surface area contributed by atoms with E-state index in [-0.39, 0.29) is 0 Å². The molecule has 0 spiro atoms. The van der Waals surface area contributed by atoms with Crippen LogP contribution < -0.4 is 9.47 Å². The Kier molecular flexibility index (Phi) is 7.65. The predicted molar refractivity (Wildman–Crippen MR) is 90.4 cm³/mol. The molecule has 1 aromatic rings. The van der Waals surface area contributed by atoms with Crippen molar-refractivity contribution in [2.24, 2.45) is 0 Å². The Morgan fingerprint density at radius 3 is 2.17 bits per heavy atom. The lowest BCUT2D eigenvalue weighted by molar-refractivity contribution is -0.0734. The molecule has 0 radical (unpaired) electrons. The van der Waals surface area contributed by atoms with Crippen LogP contribution in [0, 0.1) is 0 Å². The second-order valence-electron chi connectivity index (χ2n) is 5.88. The molecule has 1 fully saturated rings. The van der Waals surface area contributed by atoms with Crippen LogP contribution in [0.2, 0.25) is 0 Å². The highest BCUT2D eigenvalue weighted by atomic mass is 16.5. The van der Waals surface area contributed by atoms with Gasteiger partial charge in [-0.05, 0) is 45.0 Å². The van der Waals surface area contributed by atoms with Crippen LogP contribution in [0.5, 0.6) is 11.5 Å². The van der Waals surface area contributed by atoms with Crippen LogP contribution in [-0.4, -0.2) is 63.2 Å². The summed E-state index contributed by atoms with van der Waals surface area (Å²) in [5.41, 5.74) is 0. The first-order valence-corrected chi connectivity index (χ1v) is 8.48. The Morgan fingerprint density at radius 1 is 0.957 bits per heavy atom. The van der Waals surface area contributed by atoms with Gasteiger partial charge in [0.25, 0.3) is 0 Å². The zero-order valence-corrected chi connectivity index (χ0v) is 14.5. The van der Waals surface area contributed by atoms with Gasteiger partial charge >= 0.3 is 0 Å². The summed E-state index contributed by atoms with van der Waals surface area (Å²) in [5.74, 6) is 1.71. The third kappa shape index (κ3) is 6.77. The Labute approximate surface area is 139 Å². The summed E-state index contributed by atoms with van der Waals surface area (Å²) in [6.45, 7) is 11.7. The van der Waals surface area contributed by atoms with Crippen molar-refractivity contribution >= 4 is 0 Å². The van der Waals surface area contributed by atoms with Crippen molar-refractivity contribution in [3.05, 3.63) is 24.3 Å². The topological polar surface area (TPSA) is 40.2 Å². The first-order chi connectivity index (χ1) is 11.2. The van der Waals surface area contributed by atoms with Crippen LogP contribution >= 0.6 is 0 Å². The normalized spacial score (nSPS) is 22.0. The molecular formula is C18H29NO4. The van der Waals surface area contributed by atoms with E-state index in [2.05, 4.69) is 18.7 Å². The fourth-order valence-electron chi connectivity index (χ4n) is 2.78. The molecule has 5 nitrogen and oxygen atoms in total. The van der Waals surface area contributed by atoms with Crippen molar-refractivity contribution in [2.45, 2.75) is 33.0 Å². The van der Waals surface area contributed by atoms with Crippen LogP contribution in [0.4, 0.5) is 0 Å². The maximum absolute atomic E-state index is 5.72. The van der Waals surface area contributed by atoms with Gasteiger partial charge in [0.15, 0.2) is 0 Å². The second kappa shape index (κ2) is 9.75. The average Bonchev–Trinajstić information content (AvgIpc) is 2.51. The summed E-state index contributed by atoms with van der Waals surface area (Å²) < 4.78 is 22.4. The first kappa shape index (κ1) is 18.0. The number of hydrogen-bond acceptors (Lipinski definition) is 5. The molecule has 0 saturated carbocycles. The van der Waals surface area contributed by atoms with E-state index in [1.54, 1.807) is 0 Å². The Bertz CT molecular complexity index is 427. The second-order valence-corrected chi connectivity index (χ2v) is 5.88. The van der Waals surface area contributed by atoms with E-state index in [9.17, 15) is 0 Å². The number of morpholine rings is 1. The molecule has 0 aliphatic carbocycles. The molecule has 1 aliphatic rings. The molecule has 5 heteroatoms. The van der Waals surface area contributed by atoms with Gasteiger partial charge in [-0.15, -0.1) is 0 Å². The summed E-state index contributed by atoms with van der Waals surface area (Å²) in [6.07, 6.45) is 0.614. The quantitative estimate of drug-likeness (QED) is 0.653. The molecule has 2 rings (SSSR count). The Hall–Kier alpha value is -1.30. The summed E-state index contributed by atoms with van der Waals surface area (Å²) in [7, 11) is 0. The lowest BCUT2D eigenvalue weighted by Crippen LogP contribution is -2.46. The standard InChI is InChI=1S/C18H29NO4/c1-4-21-17-5-7-18(8-6-17)22-12-11-20-10-9-19-13-15(2)23-16(3)14-19/h5-8,15-16H,4,9-14H2,1-3H3/t15-,16-/m0/s1. The molecule has 0 N–H and O–H groups in total. The van der Waals surface area contributed by atoms with Crippen LogP contribution in [0.1, 0.15) is 20.8 Å². The molecule has 1 aromatic carbocycles. The van der Waals surface area contributed by atoms with E-state index >= 15 is 0 Å². The Morgan fingerprint density at radius 2 is 1.57 bits per heavy atom. The van der Waals surface area contributed by atoms with E-state index < -0.39 is 0 Å². The van der Waals surface area contributed by atoms with Gasteiger partial charge in [0.1, 0.15) is 18.1 Å². The smallest absolute Gasteiger partial charge is 0.119 e. The van der Waals surface area contributed by atoms with Crippen LogP contribution in [0.3, 0.4) is 0 Å². The van der Waals surface area contributed by atoms with Crippen molar-refractivity contribution < 1.29 is 18.9 Å². The third-order valence-electron chi connectivity index (χ3n) is 3.68. The predicted octanol–water partition coefficient (Wildman–Crippen LogP) is 2.59. The van der Waals surface area contributed by atoms with Gasteiger partial charge in [0.05, 0.1) is 32.0 Å². The van der Waals surface area contributed by atoms with Gasteiger partial charge in [0, 0.05) is 19.6 Å². The van der Waals surface area contributed by atoms with E-state index in [1.807, 2.05) is 31.2 Å². The fraction of sp³-hybridized carbons (Fsp3) is 0.667. The van der Waals surface area contributed by atoms with E-state index in [4.69, 9.17) is 18.9 Å². The fourth-order valence-corrected chi connectivity index (χ4v) is 2.78. The van der Waals surface area contributed by atoms with Gasteiger partial charge < -0.3 is 18.9 Å². The van der Waals surface area contributed by atoms with Gasteiger partial charge in [-0.3, -0.25) is 4.90 Å². The summed E-state index contributed by atoms with van der Waals surface area (Å²) >= 11 is 0. The lowest BCUT2D eigenvalue weighted by Gasteiger charge is -2.35. The van der Waals surface area contributed by atoms with E-state index in [1.165, 1.54) is 0 Å². The molecule has 0 aromatic heterocycles. The van der Waals surface area contributed by atoms with Crippen molar-refractivity contribution in [3.8, 4) is 11.5 Å². The number of ether oxygens (including phenoxy) is 4. The maximum Gasteiger partial charge on any atom is 0.119 e. The number of nitrogens with zero attached hydrogens (tertiary/aromatic N) is 1. The summed E-state index contributed by atoms with van der Waals surface area (Å²) in [6, 6.07) is 7.67. The van der Waals surface area contributed by atoms with Gasteiger partial charge in [-0.25, -0.2) is 0 Å². The minimum absolute atomic E-state index is 0.307. The SMILES string of the molecule is CCOc1ccc(OCCOCCN2C[C@H](C)O[C@@H](C)C2)cc1.